The lowest BCUT2D eigenvalue weighted by Crippen LogP contribution is -2.40. The number of ketones is 1. The molecule has 2 aliphatic heterocycles. The second-order valence-corrected chi connectivity index (χ2v) is 6.27. The number of nitrogens with zero attached hydrogens (tertiary/aromatic N) is 1. The molecule has 0 spiro atoms. The summed E-state index contributed by atoms with van der Waals surface area (Å²) in [7, 11) is 0. The smallest absolute Gasteiger partial charge is 0.166 e. The molecule has 1 aromatic carbocycles. The fourth-order valence-corrected chi connectivity index (χ4v) is 3.89. The molecular weight excluding hydrogens is 248 g/mol. The molecule has 2 bridgehead atoms. The summed E-state index contributed by atoms with van der Waals surface area (Å²) in [6, 6.07) is 6.87. The molecule has 3 heteroatoms. The highest BCUT2D eigenvalue weighted by Gasteiger charge is 2.37. The van der Waals surface area contributed by atoms with Gasteiger partial charge in [-0.15, -0.1) is 0 Å². The number of nitrogens with one attached hydrogen (secondary N) is 1. The Hall–Kier alpha value is -1.66. The van der Waals surface area contributed by atoms with Gasteiger partial charge >= 0.3 is 0 Å². The summed E-state index contributed by atoms with van der Waals surface area (Å²) in [5.41, 5.74) is 3.37. The number of piperidine rings is 1. The Labute approximate surface area is 120 Å². The van der Waals surface area contributed by atoms with E-state index >= 15 is 0 Å². The molecule has 2 fully saturated rings. The normalized spacial score (nSPS) is 28.1. The molecule has 2 aliphatic rings. The van der Waals surface area contributed by atoms with E-state index in [0.29, 0.717) is 17.6 Å². The van der Waals surface area contributed by atoms with Crippen LogP contribution < -0.4 is 5.32 Å². The number of fused-ring (bicyclic) bond motifs is 2. The molecule has 20 heavy (non-hydrogen) atoms. The van der Waals surface area contributed by atoms with Gasteiger partial charge in [-0.05, 0) is 62.8 Å². The van der Waals surface area contributed by atoms with Crippen molar-refractivity contribution >= 4 is 5.78 Å². The standard InChI is InChI=1S/C17H20N2O/c1-10-5-12(9-18)6-11(2)16(10)17(20)13-7-14-3-4-15(8-13)19-14/h5-6,13-15,19H,3-4,7-8H2,1-2H3. The van der Waals surface area contributed by atoms with Crippen molar-refractivity contribution in [1.82, 2.24) is 5.32 Å². The minimum atomic E-state index is 0.152. The second kappa shape index (κ2) is 5.03. The molecule has 104 valence electrons. The number of hydrogen-bond acceptors (Lipinski definition) is 3. The topological polar surface area (TPSA) is 52.9 Å². The largest absolute Gasteiger partial charge is 0.311 e. The molecule has 0 aliphatic carbocycles. The number of benzene rings is 1. The van der Waals surface area contributed by atoms with Gasteiger partial charge in [-0.1, -0.05) is 0 Å². The minimum absolute atomic E-state index is 0.152. The SMILES string of the molecule is Cc1cc(C#N)cc(C)c1C(=O)C1CC2CCC(C1)N2. The summed E-state index contributed by atoms with van der Waals surface area (Å²) in [6.45, 7) is 3.88. The molecule has 1 N–H and O–H groups in total. The lowest BCUT2D eigenvalue weighted by Gasteiger charge is -2.29. The average Bonchev–Trinajstić information content (AvgIpc) is 2.76. The third kappa shape index (κ3) is 2.25. The maximum atomic E-state index is 12.8. The molecule has 0 amide bonds. The van der Waals surface area contributed by atoms with Crippen molar-refractivity contribution in [3.63, 3.8) is 0 Å². The van der Waals surface area contributed by atoms with Gasteiger partial charge in [0.05, 0.1) is 11.6 Å². The zero-order valence-electron chi connectivity index (χ0n) is 12.1. The lowest BCUT2D eigenvalue weighted by molar-refractivity contribution is 0.0874. The van der Waals surface area contributed by atoms with Gasteiger partial charge in [-0.3, -0.25) is 4.79 Å². The Morgan fingerprint density at radius 3 is 2.25 bits per heavy atom. The quantitative estimate of drug-likeness (QED) is 0.839. The average molecular weight is 268 g/mol. The van der Waals surface area contributed by atoms with E-state index in [1.165, 1.54) is 12.8 Å². The third-order valence-electron chi connectivity index (χ3n) is 4.75. The summed E-state index contributed by atoms with van der Waals surface area (Å²) in [6.07, 6.45) is 4.35. The summed E-state index contributed by atoms with van der Waals surface area (Å²) in [5, 5.41) is 12.6. The van der Waals surface area contributed by atoms with Gasteiger partial charge in [0.25, 0.3) is 0 Å². The highest BCUT2D eigenvalue weighted by Crippen LogP contribution is 2.34. The number of carbonyl (C=O) groups excluding carboxylic acids is 1. The number of Topliss-reactive ketones (excluding diaryl/α,β-unsaturated/α-hetero) is 1. The van der Waals surface area contributed by atoms with Gasteiger partial charge in [0, 0.05) is 23.6 Å². The maximum absolute atomic E-state index is 12.8. The molecule has 2 atom stereocenters. The monoisotopic (exact) mass is 268 g/mol. The molecule has 2 saturated heterocycles. The Balaban J connectivity index is 1.89. The van der Waals surface area contributed by atoms with E-state index in [4.69, 9.17) is 5.26 Å². The molecule has 2 unspecified atom stereocenters. The van der Waals surface area contributed by atoms with Crippen molar-refractivity contribution in [2.45, 2.75) is 51.6 Å². The summed E-state index contributed by atoms with van der Waals surface area (Å²) >= 11 is 0. The number of rotatable bonds is 2. The van der Waals surface area contributed by atoms with E-state index in [1.54, 1.807) is 0 Å². The molecule has 0 radical (unpaired) electrons. The molecular formula is C17H20N2O. The first kappa shape index (κ1) is 13.3. The first-order valence-corrected chi connectivity index (χ1v) is 7.40. The van der Waals surface area contributed by atoms with Crippen molar-refractivity contribution in [2.75, 3.05) is 0 Å². The Bertz CT molecular complexity index is 564. The van der Waals surface area contributed by atoms with E-state index < -0.39 is 0 Å². The van der Waals surface area contributed by atoms with Crippen LogP contribution in [0.4, 0.5) is 0 Å². The van der Waals surface area contributed by atoms with E-state index in [2.05, 4.69) is 11.4 Å². The van der Waals surface area contributed by atoms with Crippen molar-refractivity contribution in [1.29, 1.82) is 5.26 Å². The predicted octanol–water partition coefficient (Wildman–Crippen LogP) is 2.89. The number of carbonyl (C=O) groups is 1. The highest BCUT2D eigenvalue weighted by atomic mass is 16.1. The third-order valence-corrected chi connectivity index (χ3v) is 4.75. The van der Waals surface area contributed by atoms with Crippen molar-refractivity contribution in [3.05, 3.63) is 34.4 Å². The number of hydrogen-bond donors (Lipinski definition) is 1. The van der Waals surface area contributed by atoms with Gasteiger partial charge < -0.3 is 5.32 Å². The van der Waals surface area contributed by atoms with Crippen LogP contribution in [0.15, 0.2) is 12.1 Å². The van der Waals surface area contributed by atoms with Crippen molar-refractivity contribution < 1.29 is 4.79 Å². The molecule has 0 saturated carbocycles. The van der Waals surface area contributed by atoms with E-state index in [9.17, 15) is 4.79 Å². The molecule has 1 aromatic rings. The number of nitriles is 1. The van der Waals surface area contributed by atoms with Crippen LogP contribution in [-0.4, -0.2) is 17.9 Å². The molecule has 0 aromatic heterocycles. The van der Waals surface area contributed by atoms with E-state index in [1.807, 2.05) is 26.0 Å². The van der Waals surface area contributed by atoms with E-state index in [-0.39, 0.29) is 11.7 Å². The van der Waals surface area contributed by atoms with Gasteiger partial charge in [-0.2, -0.15) is 5.26 Å². The highest BCUT2D eigenvalue weighted by molar-refractivity contribution is 6.00. The van der Waals surface area contributed by atoms with Gasteiger partial charge in [-0.25, -0.2) is 0 Å². The van der Waals surface area contributed by atoms with Crippen LogP contribution in [0.2, 0.25) is 0 Å². The van der Waals surface area contributed by atoms with Crippen molar-refractivity contribution in [2.24, 2.45) is 5.92 Å². The summed E-state index contributed by atoms with van der Waals surface area (Å²) < 4.78 is 0. The predicted molar refractivity (Wildman–Crippen MR) is 77.6 cm³/mol. The first-order chi connectivity index (χ1) is 9.58. The fraction of sp³-hybridized carbons (Fsp3) is 0.529. The molecule has 3 nitrogen and oxygen atoms in total. The van der Waals surface area contributed by atoms with Gasteiger partial charge in [0.1, 0.15) is 0 Å². The van der Waals surface area contributed by atoms with Crippen LogP contribution in [0.25, 0.3) is 0 Å². The van der Waals surface area contributed by atoms with Crippen LogP contribution in [0.1, 0.15) is 52.7 Å². The minimum Gasteiger partial charge on any atom is -0.311 e. The molecule has 3 rings (SSSR count). The Kier molecular flexibility index (Phi) is 3.35. The summed E-state index contributed by atoms with van der Waals surface area (Å²) in [4.78, 5) is 12.8. The second-order valence-electron chi connectivity index (χ2n) is 6.27. The first-order valence-electron chi connectivity index (χ1n) is 7.40. The van der Waals surface area contributed by atoms with Crippen LogP contribution in [0.3, 0.4) is 0 Å². The molecule has 2 heterocycles. The zero-order valence-corrected chi connectivity index (χ0v) is 12.1. The van der Waals surface area contributed by atoms with E-state index in [0.717, 1.165) is 29.5 Å². The van der Waals surface area contributed by atoms with Crippen molar-refractivity contribution in [3.8, 4) is 6.07 Å². The fourth-order valence-electron chi connectivity index (χ4n) is 3.89. The van der Waals surface area contributed by atoms with Gasteiger partial charge in [0.15, 0.2) is 5.78 Å². The Morgan fingerprint density at radius 2 is 1.75 bits per heavy atom. The van der Waals surface area contributed by atoms with Crippen LogP contribution >= 0.6 is 0 Å². The summed E-state index contributed by atoms with van der Waals surface area (Å²) in [5.74, 6) is 0.432. The maximum Gasteiger partial charge on any atom is 0.166 e. The van der Waals surface area contributed by atoms with Crippen LogP contribution in [-0.2, 0) is 0 Å². The van der Waals surface area contributed by atoms with Crippen LogP contribution in [0.5, 0.6) is 0 Å². The number of aryl methyl sites for hydroxylation is 2. The van der Waals surface area contributed by atoms with Gasteiger partial charge in [0.2, 0.25) is 0 Å². The lowest BCUT2D eigenvalue weighted by atomic mass is 9.83. The zero-order chi connectivity index (χ0) is 14.3. The Morgan fingerprint density at radius 1 is 1.20 bits per heavy atom. The van der Waals surface area contributed by atoms with Crippen LogP contribution in [0, 0.1) is 31.1 Å².